The number of nitrogens with one attached hydrogen (secondary N) is 1. The van der Waals surface area contributed by atoms with E-state index in [0.29, 0.717) is 22.9 Å². The van der Waals surface area contributed by atoms with E-state index in [0.717, 1.165) is 32.3 Å². The molecule has 30 heavy (non-hydrogen) atoms. The normalized spacial score (nSPS) is 11.0. The number of nitrogens with zero attached hydrogens (tertiary/aromatic N) is 1. The fraction of sp³-hybridized carbons (Fsp3) is 0.167. The molecular weight excluding hydrogens is 444 g/mol. The molecule has 4 aromatic rings. The van der Waals surface area contributed by atoms with Crippen molar-refractivity contribution in [1.82, 2.24) is 4.98 Å². The van der Waals surface area contributed by atoms with Crippen LogP contribution in [0.25, 0.3) is 22.6 Å². The number of hydrogen-bond acceptors (Lipinski definition) is 4. The van der Waals surface area contributed by atoms with Gasteiger partial charge in [-0.3, -0.25) is 4.79 Å². The van der Waals surface area contributed by atoms with Gasteiger partial charge in [-0.05, 0) is 79.9 Å². The summed E-state index contributed by atoms with van der Waals surface area (Å²) in [5.41, 5.74) is 6.66. The number of halogens is 1. The van der Waals surface area contributed by atoms with Gasteiger partial charge in [-0.1, -0.05) is 22.0 Å². The highest BCUT2D eigenvalue weighted by molar-refractivity contribution is 9.10. The van der Waals surface area contributed by atoms with E-state index in [1.54, 1.807) is 13.2 Å². The molecule has 0 fully saturated rings. The van der Waals surface area contributed by atoms with Gasteiger partial charge in [0.1, 0.15) is 11.3 Å². The van der Waals surface area contributed by atoms with Crippen LogP contribution in [0.3, 0.4) is 0 Å². The van der Waals surface area contributed by atoms with Gasteiger partial charge in [-0.25, -0.2) is 4.98 Å². The summed E-state index contributed by atoms with van der Waals surface area (Å²) < 4.78 is 12.2. The monoisotopic (exact) mass is 464 g/mol. The average molecular weight is 465 g/mol. The summed E-state index contributed by atoms with van der Waals surface area (Å²) in [5, 5.41) is 2.94. The molecule has 5 nitrogen and oxygen atoms in total. The summed E-state index contributed by atoms with van der Waals surface area (Å²) in [6, 6.07) is 15.1. The Labute approximate surface area is 183 Å². The first-order valence-corrected chi connectivity index (χ1v) is 10.3. The van der Waals surface area contributed by atoms with Crippen molar-refractivity contribution in [2.75, 3.05) is 12.4 Å². The van der Waals surface area contributed by atoms with Crippen LogP contribution in [0.1, 0.15) is 27.0 Å². The molecule has 0 aliphatic rings. The number of anilines is 1. The van der Waals surface area contributed by atoms with Gasteiger partial charge in [0.15, 0.2) is 5.58 Å². The molecule has 0 aliphatic carbocycles. The Morgan fingerprint density at radius 1 is 1.03 bits per heavy atom. The van der Waals surface area contributed by atoms with Crippen molar-refractivity contribution < 1.29 is 13.9 Å². The molecule has 0 radical (unpaired) electrons. The van der Waals surface area contributed by atoms with E-state index in [9.17, 15) is 4.79 Å². The van der Waals surface area contributed by atoms with Crippen LogP contribution in [-0.4, -0.2) is 18.0 Å². The predicted octanol–water partition coefficient (Wildman–Crippen LogP) is 6.44. The maximum Gasteiger partial charge on any atom is 0.259 e. The fourth-order valence-electron chi connectivity index (χ4n) is 3.40. The van der Waals surface area contributed by atoms with Gasteiger partial charge in [-0.2, -0.15) is 0 Å². The van der Waals surface area contributed by atoms with Crippen LogP contribution in [0.15, 0.2) is 57.4 Å². The number of rotatable bonds is 4. The first-order valence-electron chi connectivity index (χ1n) is 9.49. The van der Waals surface area contributed by atoms with Gasteiger partial charge >= 0.3 is 0 Å². The van der Waals surface area contributed by atoms with Crippen LogP contribution < -0.4 is 10.1 Å². The number of carbonyl (C=O) groups is 1. The lowest BCUT2D eigenvalue weighted by molar-refractivity contribution is 0.102. The highest BCUT2D eigenvalue weighted by Crippen LogP contribution is 2.30. The van der Waals surface area contributed by atoms with E-state index in [-0.39, 0.29) is 5.91 Å². The molecule has 0 spiro atoms. The summed E-state index contributed by atoms with van der Waals surface area (Å²) in [7, 11) is 1.56. The van der Waals surface area contributed by atoms with Crippen LogP contribution in [0.5, 0.6) is 5.75 Å². The van der Waals surface area contributed by atoms with Crippen molar-refractivity contribution in [3.05, 3.63) is 75.3 Å². The van der Waals surface area contributed by atoms with E-state index in [1.807, 2.05) is 56.3 Å². The second-order valence-corrected chi connectivity index (χ2v) is 8.18. The molecule has 0 aliphatic heterocycles. The number of carbonyl (C=O) groups excluding carboxylic acids is 1. The average Bonchev–Trinajstić information content (AvgIpc) is 3.10. The second-order valence-electron chi connectivity index (χ2n) is 7.26. The molecule has 0 atom stereocenters. The largest absolute Gasteiger partial charge is 0.496 e. The number of fused-ring (bicyclic) bond motifs is 1. The number of methoxy groups -OCH3 is 1. The highest BCUT2D eigenvalue weighted by atomic mass is 79.9. The molecular formula is C24H21BrN2O3. The number of amides is 1. The van der Waals surface area contributed by atoms with E-state index in [1.165, 1.54) is 5.56 Å². The Hall–Kier alpha value is -3.12. The number of oxazole rings is 1. The third-order valence-electron chi connectivity index (χ3n) is 5.06. The first-order chi connectivity index (χ1) is 14.4. The number of aromatic nitrogens is 1. The molecule has 1 heterocycles. The van der Waals surface area contributed by atoms with Gasteiger partial charge in [0.25, 0.3) is 5.91 Å². The van der Waals surface area contributed by atoms with Crippen molar-refractivity contribution >= 4 is 38.6 Å². The number of ether oxygens (including phenoxy) is 1. The van der Waals surface area contributed by atoms with Gasteiger partial charge in [-0.15, -0.1) is 0 Å². The van der Waals surface area contributed by atoms with Crippen molar-refractivity contribution in [3.63, 3.8) is 0 Å². The third-order valence-corrected chi connectivity index (χ3v) is 5.52. The van der Waals surface area contributed by atoms with Crippen molar-refractivity contribution in [1.29, 1.82) is 0 Å². The smallest absolute Gasteiger partial charge is 0.259 e. The van der Waals surface area contributed by atoms with Gasteiger partial charge in [0.05, 0.1) is 12.7 Å². The molecule has 1 aromatic heterocycles. The number of hydrogen-bond donors (Lipinski definition) is 1. The minimum Gasteiger partial charge on any atom is -0.496 e. The molecule has 4 rings (SSSR count). The lowest BCUT2D eigenvalue weighted by atomic mass is 10.1. The molecule has 0 saturated heterocycles. The second kappa shape index (κ2) is 7.95. The highest BCUT2D eigenvalue weighted by Gasteiger charge is 2.17. The summed E-state index contributed by atoms with van der Waals surface area (Å²) in [5.74, 6) is 0.815. The quantitative estimate of drug-likeness (QED) is 0.377. The summed E-state index contributed by atoms with van der Waals surface area (Å²) in [6.45, 7) is 6.00. The topological polar surface area (TPSA) is 64.4 Å². The van der Waals surface area contributed by atoms with Gasteiger partial charge in [0.2, 0.25) is 5.89 Å². The third kappa shape index (κ3) is 3.83. The van der Waals surface area contributed by atoms with Crippen molar-refractivity contribution in [3.8, 4) is 17.2 Å². The lowest BCUT2D eigenvalue weighted by Crippen LogP contribution is -2.14. The van der Waals surface area contributed by atoms with Crippen LogP contribution in [0.2, 0.25) is 0 Å². The molecule has 6 heteroatoms. The van der Waals surface area contributed by atoms with Gasteiger partial charge < -0.3 is 14.5 Å². The Morgan fingerprint density at radius 3 is 2.57 bits per heavy atom. The van der Waals surface area contributed by atoms with E-state index in [2.05, 4.69) is 33.2 Å². The summed E-state index contributed by atoms with van der Waals surface area (Å²) in [4.78, 5) is 17.5. The Bertz CT molecular complexity index is 1240. The van der Waals surface area contributed by atoms with E-state index >= 15 is 0 Å². The zero-order valence-electron chi connectivity index (χ0n) is 17.2. The lowest BCUT2D eigenvalue weighted by Gasteiger charge is -2.13. The number of aryl methyl sites for hydroxylation is 3. The van der Waals surface area contributed by atoms with Crippen molar-refractivity contribution in [2.45, 2.75) is 20.8 Å². The zero-order valence-corrected chi connectivity index (χ0v) is 18.8. The van der Waals surface area contributed by atoms with E-state index < -0.39 is 0 Å². The fourth-order valence-corrected chi connectivity index (χ4v) is 3.97. The van der Waals surface area contributed by atoms with Crippen LogP contribution in [-0.2, 0) is 0 Å². The molecule has 0 unspecified atom stereocenters. The van der Waals surface area contributed by atoms with Crippen LogP contribution in [0.4, 0.5) is 5.69 Å². The molecule has 1 N–H and O–H groups in total. The number of benzene rings is 3. The summed E-state index contributed by atoms with van der Waals surface area (Å²) in [6.07, 6.45) is 0. The van der Waals surface area contributed by atoms with Crippen LogP contribution >= 0.6 is 15.9 Å². The van der Waals surface area contributed by atoms with Crippen LogP contribution in [0, 0.1) is 20.8 Å². The molecule has 0 bridgehead atoms. The first kappa shape index (κ1) is 20.2. The van der Waals surface area contributed by atoms with Gasteiger partial charge in [0, 0.05) is 15.7 Å². The Kier molecular flexibility index (Phi) is 5.35. The molecule has 1 amide bonds. The minimum atomic E-state index is -0.253. The Morgan fingerprint density at radius 2 is 1.80 bits per heavy atom. The predicted molar refractivity (Wildman–Crippen MR) is 122 cm³/mol. The SMILES string of the molecule is COc1c(C)cc(Br)cc1C(=O)Nc1cccc(-c2nc3cc(C)c(C)cc3o2)c1. The maximum absolute atomic E-state index is 12.9. The maximum atomic E-state index is 12.9. The minimum absolute atomic E-state index is 0.253. The summed E-state index contributed by atoms with van der Waals surface area (Å²) >= 11 is 3.44. The van der Waals surface area contributed by atoms with E-state index in [4.69, 9.17) is 9.15 Å². The standard InChI is InChI=1S/C24H21BrN2O3/c1-13-9-20-21(10-14(13)2)30-24(27-20)16-6-5-7-18(11-16)26-23(28)19-12-17(25)8-15(3)22(19)29-4/h5-12H,1-4H3,(H,26,28). The van der Waals surface area contributed by atoms with Crippen molar-refractivity contribution in [2.24, 2.45) is 0 Å². The molecule has 0 saturated carbocycles. The molecule has 3 aromatic carbocycles. The Balaban J connectivity index is 1.65. The molecule has 152 valence electrons. The zero-order chi connectivity index (χ0) is 21.4.